The average Bonchev–Trinajstić information content (AvgIpc) is 2.90. The van der Waals surface area contributed by atoms with E-state index in [0.29, 0.717) is 24.4 Å². The zero-order valence-corrected chi connectivity index (χ0v) is 11.5. The molecular formula is C13H24N2O4. The average molecular weight is 272 g/mol. The number of carbonyl (C=O) groups excluding carboxylic acids is 2. The summed E-state index contributed by atoms with van der Waals surface area (Å²) >= 11 is 0. The summed E-state index contributed by atoms with van der Waals surface area (Å²) in [7, 11) is 0. The van der Waals surface area contributed by atoms with E-state index in [1.807, 2.05) is 6.92 Å². The molecule has 110 valence electrons. The third-order valence-electron chi connectivity index (χ3n) is 3.66. The minimum atomic E-state index is -0.387. The van der Waals surface area contributed by atoms with Crippen LogP contribution in [0.5, 0.6) is 0 Å². The Morgan fingerprint density at radius 2 is 2.32 bits per heavy atom. The van der Waals surface area contributed by atoms with Gasteiger partial charge in [-0.3, -0.25) is 14.8 Å². The Balaban J connectivity index is 2.66. The van der Waals surface area contributed by atoms with Gasteiger partial charge in [0.25, 0.3) is 0 Å². The SMILES string of the molecule is CCCCC(CN(O)C=O)C(=O)N1CCC[C@H]1CO. The molecule has 0 spiro atoms. The minimum Gasteiger partial charge on any atom is -0.394 e. The van der Waals surface area contributed by atoms with Crippen molar-refractivity contribution >= 4 is 12.3 Å². The molecule has 0 aliphatic carbocycles. The standard InChI is InChI=1S/C13H24N2O4/c1-2-3-5-11(8-14(19)10-17)13(18)15-7-4-6-12(15)9-16/h10-12,16,19H,2-9H2,1H3/t11?,12-/m0/s1. The van der Waals surface area contributed by atoms with E-state index in [1.165, 1.54) is 0 Å². The van der Waals surface area contributed by atoms with Crippen LogP contribution < -0.4 is 0 Å². The minimum absolute atomic E-state index is 0.0248. The predicted octanol–water partition coefficient (Wildman–Crippen LogP) is 0.624. The van der Waals surface area contributed by atoms with Crippen molar-refractivity contribution in [3.05, 3.63) is 0 Å². The van der Waals surface area contributed by atoms with Gasteiger partial charge in [0.2, 0.25) is 12.3 Å². The van der Waals surface area contributed by atoms with Gasteiger partial charge in [0, 0.05) is 6.54 Å². The van der Waals surface area contributed by atoms with E-state index in [2.05, 4.69) is 0 Å². The first kappa shape index (κ1) is 15.9. The number of unbranched alkanes of at least 4 members (excludes halogenated alkanes) is 1. The maximum atomic E-state index is 12.4. The molecule has 0 saturated carbocycles. The molecule has 1 aliphatic rings. The quantitative estimate of drug-likeness (QED) is 0.386. The number of hydrogen-bond donors (Lipinski definition) is 2. The molecule has 2 N–H and O–H groups in total. The first-order chi connectivity index (χ1) is 9.13. The van der Waals surface area contributed by atoms with Crippen molar-refractivity contribution in [3.63, 3.8) is 0 Å². The van der Waals surface area contributed by atoms with Crippen LogP contribution in [0.25, 0.3) is 0 Å². The first-order valence-corrected chi connectivity index (χ1v) is 6.96. The summed E-state index contributed by atoms with van der Waals surface area (Å²) in [5, 5.41) is 19.1. The Kier molecular flexibility index (Phi) is 6.80. The predicted molar refractivity (Wildman–Crippen MR) is 69.4 cm³/mol. The molecule has 6 nitrogen and oxygen atoms in total. The highest BCUT2D eigenvalue weighted by Crippen LogP contribution is 2.22. The van der Waals surface area contributed by atoms with E-state index in [-0.39, 0.29) is 31.0 Å². The molecule has 1 heterocycles. The number of hydrogen-bond acceptors (Lipinski definition) is 4. The molecule has 1 saturated heterocycles. The van der Waals surface area contributed by atoms with Crippen molar-refractivity contribution in [3.8, 4) is 0 Å². The Bertz CT molecular complexity index is 298. The number of aliphatic hydroxyl groups excluding tert-OH is 1. The van der Waals surface area contributed by atoms with Crippen LogP contribution in [0, 0.1) is 5.92 Å². The van der Waals surface area contributed by atoms with Gasteiger partial charge >= 0.3 is 0 Å². The number of hydroxylamine groups is 2. The van der Waals surface area contributed by atoms with Crippen molar-refractivity contribution in [2.75, 3.05) is 19.7 Å². The van der Waals surface area contributed by atoms with Gasteiger partial charge in [0.05, 0.1) is 25.1 Å². The van der Waals surface area contributed by atoms with Crippen LogP contribution in [0.4, 0.5) is 0 Å². The molecular weight excluding hydrogens is 248 g/mol. The van der Waals surface area contributed by atoms with Crippen LogP contribution in [-0.4, -0.2) is 58.3 Å². The zero-order chi connectivity index (χ0) is 14.3. The lowest BCUT2D eigenvalue weighted by Gasteiger charge is -2.28. The topological polar surface area (TPSA) is 81.1 Å². The lowest BCUT2D eigenvalue weighted by molar-refractivity contribution is -0.157. The number of nitrogens with zero attached hydrogens (tertiary/aromatic N) is 2. The highest BCUT2D eigenvalue weighted by Gasteiger charge is 2.33. The van der Waals surface area contributed by atoms with Crippen LogP contribution in [0.15, 0.2) is 0 Å². The van der Waals surface area contributed by atoms with Gasteiger partial charge in [0.1, 0.15) is 0 Å². The maximum absolute atomic E-state index is 12.4. The summed E-state index contributed by atoms with van der Waals surface area (Å²) in [5.41, 5.74) is 0. The van der Waals surface area contributed by atoms with Gasteiger partial charge < -0.3 is 10.0 Å². The maximum Gasteiger partial charge on any atom is 0.233 e. The lowest BCUT2D eigenvalue weighted by Crippen LogP contribution is -2.44. The number of likely N-dealkylation sites (tertiary alicyclic amines) is 1. The molecule has 2 atom stereocenters. The Morgan fingerprint density at radius 1 is 1.58 bits per heavy atom. The highest BCUT2D eigenvalue weighted by molar-refractivity contribution is 5.80. The second-order valence-corrected chi connectivity index (χ2v) is 5.08. The summed E-state index contributed by atoms with van der Waals surface area (Å²) in [4.78, 5) is 24.6. The van der Waals surface area contributed by atoms with Crippen molar-refractivity contribution in [2.45, 2.75) is 45.1 Å². The number of rotatable bonds is 8. The monoisotopic (exact) mass is 272 g/mol. The van der Waals surface area contributed by atoms with Crippen LogP contribution in [0.2, 0.25) is 0 Å². The fourth-order valence-electron chi connectivity index (χ4n) is 2.56. The largest absolute Gasteiger partial charge is 0.394 e. The summed E-state index contributed by atoms with van der Waals surface area (Å²) in [6, 6.07) is -0.111. The molecule has 0 aromatic rings. The molecule has 1 aliphatic heterocycles. The number of aliphatic hydroxyl groups is 1. The van der Waals surface area contributed by atoms with E-state index >= 15 is 0 Å². The van der Waals surface area contributed by atoms with Crippen molar-refractivity contribution < 1.29 is 19.9 Å². The molecule has 1 fully saturated rings. The van der Waals surface area contributed by atoms with Gasteiger partial charge in [-0.05, 0) is 19.3 Å². The fourth-order valence-corrected chi connectivity index (χ4v) is 2.56. The molecule has 0 aromatic carbocycles. The van der Waals surface area contributed by atoms with Crippen molar-refractivity contribution in [1.29, 1.82) is 0 Å². The van der Waals surface area contributed by atoms with Crippen LogP contribution in [-0.2, 0) is 9.59 Å². The Labute approximate surface area is 113 Å². The lowest BCUT2D eigenvalue weighted by atomic mass is 10.00. The smallest absolute Gasteiger partial charge is 0.233 e. The summed E-state index contributed by atoms with van der Waals surface area (Å²) in [5.74, 6) is -0.451. The molecule has 0 bridgehead atoms. The zero-order valence-electron chi connectivity index (χ0n) is 11.5. The van der Waals surface area contributed by atoms with Crippen molar-refractivity contribution in [2.24, 2.45) is 5.92 Å². The Morgan fingerprint density at radius 3 is 2.89 bits per heavy atom. The van der Waals surface area contributed by atoms with E-state index in [0.717, 1.165) is 25.7 Å². The molecule has 0 radical (unpaired) electrons. The molecule has 6 heteroatoms. The number of amides is 2. The van der Waals surface area contributed by atoms with E-state index in [9.17, 15) is 19.9 Å². The summed E-state index contributed by atoms with van der Waals surface area (Å²) in [6.07, 6.45) is 4.52. The fraction of sp³-hybridized carbons (Fsp3) is 0.846. The molecule has 1 unspecified atom stereocenters. The third kappa shape index (κ3) is 4.47. The molecule has 0 aromatic heterocycles. The van der Waals surface area contributed by atoms with Gasteiger partial charge in [-0.25, -0.2) is 5.06 Å². The Hall–Kier alpha value is -1.14. The van der Waals surface area contributed by atoms with Crippen LogP contribution in [0.3, 0.4) is 0 Å². The van der Waals surface area contributed by atoms with Crippen molar-refractivity contribution in [1.82, 2.24) is 9.96 Å². The van der Waals surface area contributed by atoms with Gasteiger partial charge in [0.15, 0.2) is 0 Å². The summed E-state index contributed by atoms with van der Waals surface area (Å²) in [6.45, 7) is 2.68. The second-order valence-electron chi connectivity index (χ2n) is 5.08. The van der Waals surface area contributed by atoms with Gasteiger partial charge in [-0.1, -0.05) is 19.8 Å². The molecule has 2 amide bonds. The highest BCUT2D eigenvalue weighted by atomic mass is 16.5. The first-order valence-electron chi connectivity index (χ1n) is 6.96. The summed E-state index contributed by atoms with van der Waals surface area (Å²) < 4.78 is 0. The van der Waals surface area contributed by atoms with E-state index in [1.54, 1.807) is 4.90 Å². The van der Waals surface area contributed by atoms with E-state index in [4.69, 9.17) is 0 Å². The third-order valence-corrected chi connectivity index (χ3v) is 3.66. The molecule has 19 heavy (non-hydrogen) atoms. The number of carbonyl (C=O) groups is 2. The van der Waals surface area contributed by atoms with Gasteiger partial charge in [-0.15, -0.1) is 0 Å². The van der Waals surface area contributed by atoms with Crippen LogP contribution in [0.1, 0.15) is 39.0 Å². The second kappa shape index (κ2) is 8.12. The van der Waals surface area contributed by atoms with E-state index < -0.39 is 0 Å². The van der Waals surface area contributed by atoms with Gasteiger partial charge in [-0.2, -0.15) is 0 Å². The normalized spacial score (nSPS) is 20.4. The molecule has 1 rings (SSSR count). The van der Waals surface area contributed by atoms with Crippen LogP contribution >= 0.6 is 0 Å².